The maximum absolute atomic E-state index is 13.0. The number of carbonyl (C=O) groups is 1. The lowest BCUT2D eigenvalue weighted by atomic mass is 9.85. The zero-order valence-electron chi connectivity index (χ0n) is 11.2. The van der Waals surface area contributed by atoms with Gasteiger partial charge in [0.1, 0.15) is 0 Å². The van der Waals surface area contributed by atoms with Gasteiger partial charge in [-0.1, -0.05) is 12.1 Å². The fraction of sp³-hybridized carbons (Fsp3) is 0.833. The van der Waals surface area contributed by atoms with Gasteiger partial charge in [-0.2, -0.15) is 0 Å². The highest BCUT2D eigenvalue weighted by Gasteiger charge is 2.39. The lowest BCUT2D eigenvalue weighted by molar-refractivity contribution is -0.130. The zero-order chi connectivity index (χ0) is 14.7. The Morgan fingerprint density at radius 2 is 2.05 bits per heavy atom. The molecule has 0 bridgehead atoms. The number of hydrogen-bond acceptors (Lipinski definition) is 3. The van der Waals surface area contributed by atoms with Gasteiger partial charge in [-0.3, -0.25) is 4.79 Å². The van der Waals surface area contributed by atoms with Gasteiger partial charge in [0, 0.05) is 18.8 Å². The molecule has 1 saturated carbocycles. The van der Waals surface area contributed by atoms with Gasteiger partial charge >= 0.3 is 0 Å². The van der Waals surface area contributed by atoms with Crippen molar-refractivity contribution in [2.45, 2.75) is 57.4 Å². The van der Waals surface area contributed by atoms with Gasteiger partial charge in [-0.05, 0) is 26.2 Å². The second-order valence-electron chi connectivity index (χ2n) is 5.29. The van der Waals surface area contributed by atoms with E-state index in [9.17, 15) is 13.6 Å². The Balaban J connectivity index is 2.65. The number of halogens is 2. The second kappa shape index (κ2) is 5.71. The number of amidine groups is 1. The van der Waals surface area contributed by atoms with Crippen LogP contribution in [0, 0.1) is 5.92 Å². The topological polar surface area (TPSA) is 87.7 Å². The number of carbonyl (C=O) groups excluding carboxylic acids is 1. The first-order valence-corrected chi connectivity index (χ1v) is 6.42. The van der Waals surface area contributed by atoms with Crippen LogP contribution >= 0.6 is 0 Å². The molecule has 0 aromatic carbocycles. The molecule has 1 fully saturated rings. The van der Waals surface area contributed by atoms with E-state index in [1.54, 1.807) is 13.8 Å². The Bertz CT molecular complexity index is 364. The van der Waals surface area contributed by atoms with Gasteiger partial charge in [0.25, 0.3) is 0 Å². The van der Waals surface area contributed by atoms with Crippen LogP contribution < -0.4 is 11.1 Å². The fourth-order valence-electron chi connectivity index (χ4n) is 2.12. The number of oxime groups is 1. The minimum absolute atomic E-state index is 0.0931. The van der Waals surface area contributed by atoms with Gasteiger partial charge in [0.05, 0.1) is 5.54 Å². The highest BCUT2D eigenvalue weighted by atomic mass is 19.3. The molecule has 5 nitrogen and oxygen atoms in total. The molecule has 1 unspecified atom stereocenters. The molecule has 19 heavy (non-hydrogen) atoms. The maximum Gasteiger partial charge on any atom is 0.248 e. The number of alkyl halides is 2. The average molecular weight is 277 g/mol. The van der Waals surface area contributed by atoms with Gasteiger partial charge in [0.2, 0.25) is 11.8 Å². The Kier molecular flexibility index (Phi) is 4.70. The average Bonchev–Trinajstić information content (AvgIpc) is 2.37. The van der Waals surface area contributed by atoms with Crippen molar-refractivity contribution in [2.24, 2.45) is 16.8 Å². The van der Waals surface area contributed by atoms with Crippen LogP contribution in [0.2, 0.25) is 0 Å². The summed E-state index contributed by atoms with van der Waals surface area (Å²) in [5.74, 6) is -3.50. The van der Waals surface area contributed by atoms with Crippen molar-refractivity contribution in [1.29, 1.82) is 0 Å². The van der Waals surface area contributed by atoms with Crippen molar-refractivity contribution in [3.05, 3.63) is 0 Å². The van der Waals surface area contributed by atoms with E-state index in [0.29, 0.717) is 6.42 Å². The normalized spacial score (nSPS) is 23.7. The largest absolute Gasteiger partial charge is 0.409 e. The smallest absolute Gasteiger partial charge is 0.248 e. The van der Waals surface area contributed by atoms with Crippen LogP contribution in [-0.2, 0) is 4.79 Å². The van der Waals surface area contributed by atoms with Crippen molar-refractivity contribution < 1.29 is 18.8 Å². The first-order valence-electron chi connectivity index (χ1n) is 6.42. The first-order chi connectivity index (χ1) is 8.74. The molecule has 4 N–H and O–H groups in total. The summed E-state index contributed by atoms with van der Waals surface area (Å²) in [7, 11) is 0. The molecule has 1 amide bonds. The van der Waals surface area contributed by atoms with E-state index < -0.39 is 17.4 Å². The third-order valence-corrected chi connectivity index (χ3v) is 3.87. The van der Waals surface area contributed by atoms with Crippen molar-refractivity contribution in [2.75, 3.05) is 0 Å². The number of rotatable bonds is 4. The van der Waals surface area contributed by atoms with E-state index in [4.69, 9.17) is 10.9 Å². The van der Waals surface area contributed by atoms with Crippen molar-refractivity contribution in [1.82, 2.24) is 5.32 Å². The summed E-state index contributed by atoms with van der Waals surface area (Å²) in [4.78, 5) is 12.1. The van der Waals surface area contributed by atoms with Crippen LogP contribution in [0.15, 0.2) is 5.16 Å². The van der Waals surface area contributed by atoms with E-state index in [2.05, 4.69) is 10.5 Å². The van der Waals surface area contributed by atoms with Crippen LogP contribution in [0.3, 0.4) is 0 Å². The molecule has 0 radical (unpaired) electrons. The fourth-order valence-corrected chi connectivity index (χ4v) is 2.12. The van der Waals surface area contributed by atoms with Gasteiger partial charge in [-0.15, -0.1) is 0 Å². The third kappa shape index (κ3) is 3.78. The summed E-state index contributed by atoms with van der Waals surface area (Å²) < 4.78 is 26.0. The zero-order valence-corrected chi connectivity index (χ0v) is 11.2. The number of hydrogen-bond donors (Lipinski definition) is 3. The summed E-state index contributed by atoms with van der Waals surface area (Å²) >= 11 is 0. The molecular formula is C12H21F2N3O2. The highest BCUT2D eigenvalue weighted by molar-refractivity contribution is 5.93. The van der Waals surface area contributed by atoms with E-state index in [-0.39, 0.29) is 37.4 Å². The van der Waals surface area contributed by atoms with E-state index in [1.807, 2.05) is 0 Å². The molecule has 0 aromatic rings. The van der Waals surface area contributed by atoms with Crippen LogP contribution in [0.4, 0.5) is 8.78 Å². The molecule has 0 aromatic heterocycles. The van der Waals surface area contributed by atoms with E-state index in [1.165, 1.54) is 0 Å². The quantitative estimate of drug-likeness (QED) is 0.317. The second-order valence-corrected chi connectivity index (χ2v) is 5.29. The molecule has 1 atom stereocenters. The predicted octanol–water partition coefficient (Wildman–Crippen LogP) is 1.84. The lowest BCUT2D eigenvalue weighted by Gasteiger charge is -2.32. The Hall–Kier alpha value is -1.40. The molecule has 0 heterocycles. The molecule has 1 aliphatic rings. The van der Waals surface area contributed by atoms with Crippen molar-refractivity contribution in [3.63, 3.8) is 0 Å². The molecule has 110 valence electrons. The van der Waals surface area contributed by atoms with Crippen molar-refractivity contribution in [3.8, 4) is 0 Å². The van der Waals surface area contributed by atoms with E-state index >= 15 is 0 Å². The van der Waals surface area contributed by atoms with Gasteiger partial charge < -0.3 is 16.3 Å². The van der Waals surface area contributed by atoms with Gasteiger partial charge in [-0.25, -0.2) is 8.78 Å². The number of nitrogens with zero attached hydrogens (tertiary/aromatic N) is 1. The standard InChI is InChI=1S/C12H21F2N3O2/c1-3-11(2,10(15)17-19)16-9(18)8-4-6-12(13,14)7-5-8/h8,19H,3-7H2,1-2H3,(H2,15,17)(H,16,18). The number of amides is 1. The summed E-state index contributed by atoms with van der Waals surface area (Å²) in [6, 6.07) is 0. The van der Waals surface area contributed by atoms with Crippen LogP contribution in [0.25, 0.3) is 0 Å². The summed E-state index contributed by atoms with van der Waals surface area (Å²) in [5, 5.41) is 14.3. The minimum atomic E-state index is -2.66. The number of nitrogens with two attached hydrogens (primary N) is 1. The first kappa shape index (κ1) is 15.7. The Morgan fingerprint density at radius 1 is 1.53 bits per heavy atom. The third-order valence-electron chi connectivity index (χ3n) is 3.87. The van der Waals surface area contributed by atoms with Crippen LogP contribution in [0.5, 0.6) is 0 Å². The van der Waals surface area contributed by atoms with Gasteiger partial charge in [0.15, 0.2) is 5.84 Å². The predicted molar refractivity (Wildman–Crippen MR) is 67.2 cm³/mol. The van der Waals surface area contributed by atoms with Crippen LogP contribution in [-0.4, -0.2) is 28.4 Å². The summed E-state index contributed by atoms with van der Waals surface area (Å²) in [5.41, 5.74) is 4.60. The number of nitrogens with one attached hydrogen (secondary N) is 1. The molecule has 0 spiro atoms. The molecule has 7 heteroatoms. The minimum Gasteiger partial charge on any atom is -0.409 e. The monoisotopic (exact) mass is 277 g/mol. The van der Waals surface area contributed by atoms with Crippen molar-refractivity contribution >= 4 is 11.7 Å². The lowest BCUT2D eigenvalue weighted by Crippen LogP contribution is -2.56. The maximum atomic E-state index is 13.0. The molecule has 1 aliphatic carbocycles. The SMILES string of the molecule is CCC(C)(NC(=O)C1CCC(F)(F)CC1)C(N)=NO. The molecular weight excluding hydrogens is 256 g/mol. The molecule has 1 rings (SSSR count). The van der Waals surface area contributed by atoms with E-state index in [0.717, 1.165) is 0 Å². The van der Waals surface area contributed by atoms with Crippen LogP contribution in [0.1, 0.15) is 46.0 Å². The highest BCUT2D eigenvalue weighted by Crippen LogP contribution is 2.36. The molecule has 0 saturated heterocycles. The Morgan fingerprint density at radius 3 is 2.47 bits per heavy atom. The summed E-state index contributed by atoms with van der Waals surface area (Å²) in [6.45, 7) is 3.42. The summed E-state index contributed by atoms with van der Waals surface area (Å²) in [6.07, 6.45) is 0.232. The molecule has 0 aliphatic heterocycles. The Labute approximate surface area is 111 Å².